The summed E-state index contributed by atoms with van der Waals surface area (Å²) in [6.45, 7) is 2.64. The number of fused-ring (bicyclic) bond motifs is 1. The second kappa shape index (κ2) is 9.20. The average molecular weight is 411 g/mol. The first-order valence-electron chi connectivity index (χ1n) is 9.76. The summed E-state index contributed by atoms with van der Waals surface area (Å²) in [5.74, 6) is 0.296. The summed E-state index contributed by atoms with van der Waals surface area (Å²) in [4.78, 5) is 23.1. The van der Waals surface area contributed by atoms with Crippen molar-refractivity contribution in [2.75, 3.05) is 19.7 Å². The molecular formula is C22H23ClN4O2. The van der Waals surface area contributed by atoms with Gasteiger partial charge in [-0.25, -0.2) is 9.97 Å². The summed E-state index contributed by atoms with van der Waals surface area (Å²) in [6, 6.07) is 15.6. The number of benzene rings is 2. The second-order valence-corrected chi connectivity index (χ2v) is 7.69. The number of rotatable bonds is 6. The zero-order valence-electron chi connectivity index (χ0n) is 16.1. The lowest BCUT2D eigenvalue weighted by atomic mass is 10.0. The first kappa shape index (κ1) is 19.6. The highest BCUT2D eigenvalue weighted by Crippen LogP contribution is 2.20. The number of para-hydroxylation sites is 1. The zero-order valence-corrected chi connectivity index (χ0v) is 16.8. The fourth-order valence-corrected chi connectivity index (χ4v) is 3.79. The molecule has 3 aromatic rings. The molecule has 1 aliphatic rings. The molecule has 0 spiro atoms. The molecule has 6 nitrogen and oxygen atoms in total. The molecule has 1 N–H and O–H groups in total. The van der Waals surface area contributed by atoms with Crippen molar-refractivity contribution in [1.29, 1.82) is 0 Å². The number of hydrogen-bond donors (Lipinski definition) is 1. The van der Waals surface area contributed by atoms with E-state index in [1.165, 1.54) is 11.9 Å². The van der Waals surface area contributed by atoms with Gasteiger partial charge in [0.25, 0.3) is 5.91 Å². The van der Waals surface area contributed by atoms with E-state index in [9.17, 15) is 4.79 Å². The van der Waals surface area contributed by atoms with Crippen molar-refractivity contribution in [2.45, 2.75) is 25.4 Å². The Hall–Kier alpha value is -2.70. The molecule has 7 heteroatoms. The highest BCUT2D eigenvalue weighted by Gasteiger charge is 2.21. The molecule has 1 aliphatic heterocycles. The number of hydrogen-bond acceptors (Lipinski definition) is 5. The minimum absolute atomic E-state index is 0.0608. The van der Waals surface area contributed by atoms with Crippen LogP contribution in [0, 0.1) is 0 Å². The van der Waals surface area contributed by atoms with E-state index in [2.05, 4.69) is 20.2 Å². The SMILES string of the molecule is O=C(COc1ncnc2ccccc12)NC1CCCN(Cc2ccc(Cl)cc2)C1. The topological polar surface area (TPSA) is 67.3 Å². The predicted molar refractivity (Wildman–Crippen MR) is 113 cm³/mol. The van der Waals surface area contributed by atoms with E-state index in [-0.39, 0.29) is 18.6 Å². The molecule has 1 amide bonds. The Kier molecular flexibility index (Phi) is 6.22. The van der Waals surface area contributed by atoms with Gasteiger partial charge in [-0.3, -0.25) is 9.69 Å². The largest absolute Gasteiger partial charge is 0.467 e. The van der Waals surface area contributed by atoms with Gasteiger partial charge in [-0.2, -0.15) is 0 Å². The van der Waals surface area contributed by atoms with E-state index >= 15 is 0 Å². The van der Waals surface area contributed by atoms with Crippen LogP contribution in [0.3, 0.4) is 0 Å². The van der Waals surface area contributed by atoms with Crippen LogP contribution >= 0.6 is 11.6 Å². The molecule has 1 aromatic heterocycles. The molecule has 29 heavy (non-hydrogen) atoms. The summed E-state index contributed by atoms with van der Waals surface area (Å²) in [5, 5.41) is 4.64. The number of amides is 1. The average Bonchev–Trinajstić information content (AvgIpc) is 2.74. The van der Waals surface area contributed by atoms with Gasteiger partial charge in [0.2, 0.25) is 5.88 Å². The van der Waals surface area contributed by atoms with E-state index < -0.39 is 0 Å². The summed E-state index contributed by atoms with van der Waals surface area (Å²) in [7, 11) is 0. The van der Waals surface area contributed by atoms with Crippen LogP contribution in [0.2, 0.25) is 5.02 Å². The lowest BCUT2D eigenvalue weighted by molar-refractivity contribution is -0.124. The third-order valence-corrected chi connectivity index (χ3v) is 5.29. The van der Waals surface area contributed by atoms with Gasteiger partial charge >= 0.3 is 0 Å². The van der Waals surface area contributed by atoms with Crippen LogP contribution in [0.1, 0.15) is 18.4 Å². The molecule has 150 valence electrons. The van der Waals surface area contributed by atoms with Crippen LogP contribution in [0.5, 0.6) is 5.88 Å². The Morgan fingerprint density at radius 2 is 2.00 bits per heavy atom. The molecule has 0 radical (unpaired) electrons. The number of likely N-dealkylation sites (tertiary alicyclic amines) is 1. The first-order valence-corrected chi connectivity index (χ1v) is 10.1. The smallest absolute Gasteiger partial charge is 0.258 e. The number of aromatic nitrogens is 2. The van der Waals surface area contributed by atoms with Gasteiger partial charge in [0.05, 0.1) is 10.9 Å². The Balaban J connectivity index is 1.29. The van der Waals surface area contributed by atoms with Crippen molar-refractivity contribution >= 4 is 28.4 Å². The van der Waals surface area contributed by atoms with Gasteiger partial charge in [0.15, 0.2) is 6.61 Å². The Morgan fingerprint density at radius 1 is 1.17 bits per heavy atom. The number of carbonyl (C=O) groups is 1. The fourth-order valence-electron chi connectivity index (χ4n) is 3.66. The van der Waals surface area contributed by atoms with Crippen LogP contribution in [0.4, 0.5) is 0 Å². The lowest BCUT2D eigenvalue weighted by Gasteiger charge is -2.33. The predicted octanol–water partition coefficient (Wildman–Crippen LogP) is 3.44. The Labute approximate surface area is 174 Å². The molecule has 4 rings (SSSR count). The number of piperidine rings is 1. The van der Waals surface area contributed by atoms with Crippen molar-refractivity contribution in [3.8, 4) is 5.88 Å². The Bertz CT molecular complexity index is 975. The monoisotopic (exact) mass is 410 g/mol. The van der Waals surface area contributed by atoms with Gasteiger partial charge in [-0.1, -0.05) is 35.9 Å². The minimum atomic E-state index is -0.133. The van der Waals surface area contributed by atoms with Crippen molar-refractivity contribution in [2.24, 2.45) is 0 Å². The molecule has 1 atom stereocenters. The van der Waals surface area contributed by atoms with Crippen LogP contribution in [0.25, 0.3) is 10.9 Å². The van der Waals surface area contributed by atoms with Crippen LogP contribution in [-0.4, -0.2) is 46.5 Å². The van der Waals surface area contributed by atoms with Crippen molar-refractivity contribution in [3.63, 3.8) is 0 Å². The molecule has 1 fully saturated rings. The maximum absolute atomic E-state index is 12.4. The molecule has 2 heterocycles. The maximum Gasteiger partial charge on any atom is 0.258 e. The van der Waals surface area contributed by atoms with Gasteiger partial charge in [-0.15, -0.1) is 0 Å². The van der Waals surface area contributed by atoms with E-state index in [0.29, 0.717) is 5.88 Å². The van der Waals surface area contributed by atoms with Crippen molar-refractivity contribution in [3.05, 3.63) is 65.4 Å². The molecule has 0 saturated carbocycles. The van der Waals surface area contributed by atoms with Crippen molar-refractivity contribution in [1.82, 2.24) is 20.2 Å². The number of nitrogens with one attached hydrogen (secondary N) is 1. The van der Waals surface area contributed by atoms with Crippen LogP contribution < -0.4 is 10.1 Å². The second-order valence-electron chi connectivity index (χ2n) is 7.25. The first-order chi connectivity index (χ1) is 14.2. The molecule has 1 saturated heterocycles. The summed E-state index contributed by atoms with van der Waals surface area (Å²) in [6.07, 6.45) is 3.47. The highest BCUT2D eigenvalue weighted by molar-refractivity contribution is 6.30. The van der Waals surface area contributed by atoms with E-state index in [4.69, 9.17) is 16.3 Å². The molecule has 2 aromatic carbocycles. The van der Waals surface area contributed by atoms with Gasteiger partial charge in [0.1, 0.15) is 6.33 Å². The standard InChI is InChI=1S/C22H23ClN4O2/c23-17-9-7-16(8-10-17)12-27-11-3-4-18(13-27)26-21(28)14-29-22-19-5-1-2-6-20(19)24-15-25-22/h1-2,5-10,15,18H,3-4,11-14H2,(H,26,28). The number of carbonyl (C=O) groups excluding carboxylic acids is 1. The van der Waals surface area contributed by atoms with Crippen LogP contribution in [0.15, 0.2) is 54.9 Å². The van der Waals surface area contributed by atoms with Gasteiger partial charge < -0.3 is 10.1 Å². The molecular weight excluding hydrogens is 388 g/mol. The van der Waals surface area contributed by atoms with Gasteiger partial charge in [-0.05, 0) is 49.2 Å². The van der Waals surface area contributed by atoms with Gasteiger partial charge in [0, 0.05) is 24.2 Å². The third-order valence-electron chi connectivity index (χ3n) is 5.04. The highest BCUT2D eigenvalue weighted by atomic mass is 35.5. The number of nitrogens with zero attached hydrogens (tertiary/aromatic N) is 3. The molecule has 1 unspecified atom stereocenters. The summed E-state index contributed by atoms with van der Waals surface area (Å²) < 4.78 is 5.67. The lowest BCUT2D eigenvalue weighted by Crippen LogP contribution is -2.48. The van der Waals surface area contributed by atoms with E-state index in [1.54, 1.807) is 0 Å². The quantitative estimate of drug-likeness (QED) is 0.674. The third kappa shape index (κ3) is 5.22. The number of halogens is 1. The normalized spacial score (nSPS) is 17.2. The summed E-state index contributed by atoms with van der Waals surface area (Å²) in [5.41, 5.74) is 2.02. The fraction of sp³-hybridized carbons (Fsp3) is 0.318. The van der Waals surface area contributed by atoms with E-state index in [1.807, 2.05) is 48.5 Å². The van der Waals surface area contributed by atoms with Crippen molar-refractivity contribution < 1.29 is 9.53 Å². The van der Waals surface area contributed by atoms with Crippen LogP contribution in [-0.2, 0) is 11.3 Å². The minimum Gasteiger partial charge on any atom is -0.467 e. The maximum atomic E-state index is 12.4. The number of ether oxygens (including phenoxy) is 1. The zero-order chi connectivity index (χ0) is 20.1. The molecule has 0 bridgehead atoms. The Morgan fingerprint density at radius 3 is 2.86 bits per heavy atom. The summed E-state index contributed by atoms with van der Waals surface area (Å²) >= 11 is 5.96. The van der Waals surface area contributed by atoms with E-state index in [0.717, 1.165) is 48.4 Å². The molecule has 0 aliphatic carbocycles.